The Morgan fingerprint density at radius 2 is 2.00 bits per heavy atom. The lowest BCUT2D eigenvalue weighted by Gasteiger charge is -2.24. The Labute approximate surface area is 121 Å². The van der Waals surface area contributed by atoms with Gasteiger partial charge in [0.25, 0.3) is 0 Å². The molecule has 0 N–H and O–H groups in total. The monoisotopic (exact) mass is 294 g/mol. The van der Waals surface area contributed by atoms with E-state index < -0.39 is 10.0 Å². The van der Waals surface area contributed by atoms with Crippen LogP contribution in [0.2, 0.25) is 0 Å². The lowest BCUT2D eigenvalue weighted by Crippen LogP contribution is -2.13. The molecule has 0 saturated carbocycles. The molecule has 0 aliphatic carbocycles. The summed E-state index contributed by atoms with van der Waals surface area (Å²) in [6.07, 6.45) is 6.80. The molecule has 4 nitrogen and oxygen atoms in total. The Bertz CT molecular complexity index is 614. The van der Waals surface area contributed by atoms with E-state index in [-0.39, 0.29) is 5.78 Å². The number of carbonyl (C=O) groups is 1. The van der Waals surface area contributed by atoms with Crippen LogP contribution in [-0.4, -0.2) is 46.5 Å². The first-order chi connectivity index (χ1) is 9.38. The van der Waals surface area contributed by atoms with Crippen molar-refractivity contribution < 1.29 is 9.53 Å². The van der Waals surface area contributed by atoms with Gasteiger partial charge >= 0.3 is 0 Å². The van der Waals surface area contributed by atoms with E-state index in [9.17, 15) is 4.79 Å². The fraction of sp³-hybridized carbons (Fsp3) is 0.467. The molecule has 0 amide bonds. The number of hydrogen-bond acceptors (Lipinski definition) is 3. The molecule has 1 aromatic carbocycles. The summed E-state index contributed by atoms with van der Waals surface area (Å²) in [6.45, 7) is 2.63. The minimum Gasteiger partial charge on any atom is -0.360 e. The topological polar surface area (TPSA) is 44.1 Å². The van der Waals surface area contributed by atoms with Gasteiger partial charge < -0.3 is 4.74 Å². The second kappa shape index (κ2) is 5.97. The van der Waals surface area contributed by atoms with Gasteiger partial charge in [-0.15, -0.1) is 0 Å². The van der Waals surface area contributed by atoms with Gasteiger partial charge in [-0.05, 0) is 30.9 Å². The van der Waals surface area contributed by atoms with Crippen molar-refractivity contribution in [2.45, 2.75) is 13.7 Å². The Morgan fingerprint density at radius 1 is 1.30 bits per heavy atom. The summed E-state index contributed by atoms with van der Waals surface area (Å²) in [7, 11) is -0.551. The first-order valence-corrected chi connectivity index (χ1v) is 9.61. The average molecular weight is 294 g/mol. The second-order valence-electron chi connectivity index (χ2n) is 5.74. The molecule has 0 aliphatic heterocycles. The molecular weight excluding hydrogens is 272 g/mol. The number of para-hydroxylation sites is 2. The third-order valence-electron chi connectivity index (χ3n) is 3.03. The van der Waals surface area contributed by atoms with Gasteiger partial charge in [0.2, 0.25) is 0 Å². The maximum Gasteiger partial charge on any atom is 0.195 e. The Kier molecular flexibility index (Phi) is 4.50. The largest absolute Gasteiger partial charge is 0.360 e. The van der Waals surface area contributed by atoms with Gasteiger partial charge in [0.05, 0.1) is 17.6 Å². The van der Waals surface area contributed by atoms with Gasteiger partial charge in [0.15, 0.2) is 11.6 Å². The van der Waals surface area contributed by atoms with Crippen molar-refractivity contribution in [1.29, 1.82) is 0 Å². The summed E-state index contributed by atoms with van der Waals surface area (Å²) in [5.41, 5.74) is 1.78. The number of benzene rings is 1. The van der Waals surface area contributed by atoms with Crippen molar-refractivity contribution >= 4 is 26.8 Å². The predicted molar refractivity (Wildman–Crippen MR) is 85.9 cm³/mol. The van der Waals surface area contributed by atoms with Crippen LogP contribution in [0.15, 0.2) is 24.3 Å². The smallest absolute Gasteiger partial charge is 0.195 e. The number of aromatic nitrogens is 2. The summed E-state index contributed by atoms with van der Waals surface area (Å²) < 4.78 is 7.60. The number of hydrogen-bond donors (Lipinski definition) is 0. The molecule has 20 heavy (non-hydrogen) atoms. The molecular formula is C15H22N2O2S. The Hall–Kier alpha value is -1.33. The molecule has 1 heterocycles. The van der Waals surface area contributed by atoms with Crippen molar-refractivity contribution in [3.05, 3.63) is 30.1 Å². The number of nitrogens with zero attached hydrogens (tertiary/aromatic N) is 2. The second-order valence-corrected chi connectivity index (χ2v) is 10.3. The molecule has 0 aliphatic rings. The van der Waals surface area contributed by atoms with Crippen LogP contribution < -0.4 is 0 Å². The first-order valence-electron chi connectivity index (χ1n) is 6.58. The number of fused-ring (bicyclic) bond motifs is 1. The van der Waals surface area contributed by atoms with E-state index in [1.807, 2.05) is 28.8 Å². The summed E-state index contributed by atoms with van der Waals surface area (Å²) >= 11 is 0. The molecule has 0 radical (unpaired) electrons. The van der Waals surface area contributed by atoms with Crippen molar-refractivity contribution in [3.8, 4) is 0 Å². The van der Waals surface area contributed by atoms with Crippen LogP contribution in [0.3, 0.4) is 0 Å². The van der Waals surface area contributed by atoms with E-state index >= 15 is 0 Å². The van der Waals surface area contributed by atoms with Crippen LogP contribution in [0.4, 0.5) is 0 Å². The zero-order chi connectivity index (χ0) is 14.8. The highest BCUT2D eigenvalue weighted by Crippen LogP contribution is 2.33. The highest BCUT2D eigenvalue weighted by atomic mass is 32.3. The van der Waals surface area contributed by atoms with Crippen molar-refractivity contribution in [1.82, 2.24) is 9.55 Å². The van der Waals surface area contributed by atoms with E-state index in [0.717, 1.165) is 16.8 Å². The standard InChI is InChI=1S/C15H22N2O2S/c1-12(18)15-16-13-7-5-6-8-14(13)17(15)11-19-9-10-20(2,3)4/h5-8H,9-11H2,1-4H3. The van der Waals surface area contributed by atoms with Crippen LogP contribution in [0.25, 0.3) is 11.0 Å². The molecule has 1 aromatic heterocycles. The van der Waals surface area contributed by atoms with E-state index in [4.69, 9.17) is 4.74 Å². The van der Waals surface area contributed by atoms with Gasteiger partial charge in [-0.1, -0.05) is 12.1 Å². The molecule has 0 saturated heterocycles. The molecule has 0 spiro atoms. The number of ketones is 1. The summed E-state index contributed by atoms with van der Waals surface area (Å²) in [4.78, 5) is 16.1. The van der Waals surface area contributed by atoms with Gasteiger partial charge in [0.1, 0.15) is 6.73 Å². The number of rotatable bonds is 6. The van der Waals surface area contributed by atoms with Crippen LogP contribution in [0.5, 0.6) is 0 Å². The predicted octanol–water partition coefficient (Wildman–Crippen LogP) is 2.91. The molecule has 0 fully saturated rings. The minimum absolute atomic E-state index is 0.0359. The summed E-state index contributed by atoms with van der Waals surface area (Å²) in [6, 6.07) is 7.75. The lowest BCUT2D eigenvalue weighted by molar-refractivity contribution is 0.0844. The quantitative estimate of drug-likeness (QED) is 0.608. The molecule has 2 aromatic rings. The number of Topliss-reactive ketones (excluding diaryl/α,β-unsaturated/α-hetero) is 1. The Balaban J connectivity index is 2.15. The summed E-state index contributed by atoms with van der Waals surface area (Å²) in [5, 5.41) is 0. The van der Waals surface area contributed by atoms with Crippen LogP contribution >= 0.6 is 10.0 Å². The fourth-order valence-corrected chi connectivity index (χ4v) is 2.56. The molecule has 5 heteroatoms. The molecule has 0 unspecified atom stereocenters. The SMILES string of the molecule is CC(=O)c1nc2ccccc2n1COCCS(C)(C)C. The highest BCUT2D eigenvalue weighted by Gasteiger charge is 2.14. The zero-order valence-corrected chi connectivity index (χ0v) is 13.4. The van der Waals surface area contributed by atoms with E-state index in [2.05, 4.69) is 23.8 Å². The maximum atomic E-state index is 11.7. The number of carbonyl (C=O) groups excluding carboxylic acids is 1. The molecule has 2 rings (SSSR count). The lowest BCUT2D eigenvalue weighted by atomic mass is 10.3. The van der Waals surface area contributed by atoms with Gasteiger partial charge in [-0.3, -0.25) is 9.36 Å². The van der Waals surface area contributed by atoms with Crippen LogP contribution in [0.1, 0.15) is 17.5 Å². The van der Waals surface area contributed by atoms with E-state index in [1.165, 1.54) is 6.92 Å². The van der Waals surface area contributed by atoms with Gasteiger partial charge in [-0.2, -0.15) is 0 Å². The Morgan fingerprint density at radius 3 is 2.65 bits per heavy atom. The normalized spacial score (nSPS) is 12.8. The highest BCUT2D eigenvalue weighted by molar-refractivity contribution is 8.32. The van der Waals surface area contributed by atoms with Crippen LogP contribution in [-0.2, 0) is 11.5 Å². The first kappa shape index (κ1) is 15.1. The molecule has 110 valence electrons. The van der Waals surface area contributed by atoms with E-state index in [0.29, 0.717) is 19.2 Å². The average Bonchev–Trinajstić information content (AvgIpc) is 2.72. The number of imidazole rings is 1. The maximum absolute atomic E-state index is 11.7. The number of ether oxygens (including phenoxy) is 1. The summed E-state index contributed by atoms with van der Waals surface area (Å²) in [5.74, 6) is 1.50. The van der Waals surface area contributed by atoms with Crippen LogP contribution in [0, 0.1) is 0 Å². The molecule has 0 atom stereocenters. The van der Waals surface area contributed by atoms with Gasteiger partial charge in [0, 0.05) is 12.7 Å². The third kappa shape index (κ3) is 3.61. The van der Waals surface area contributed by atoms with Crippen molar-refractivity contribution in [3.63, 3.8) is 0 Å². The fourth-order valence-electron chi connectivity index (χ4n) is 1.94. The van der Waals surface area contributed by atoms with Gasteiger partial charge in [-0.25, -0.2) is 15.0 Å². The third-order valence-corrected chi connectivity index (χ3v) is 4.42. The van der Waals surface area contributed by atoms with Crippen molar-refractivity contribution in [2.75, 3.05) is 31.1 Å². The zero-order valence-electron chi connectivity index (χ0n) is 12.5. The minimum atomic E-state index is -0.551. The molecule has 0 bridgehead atoms. The van der Waals surface area contributed by atoms with E-state index in [1.54, 1.807) is 0 Å². The van der Waals surface area contributed by atoms with Crippen molar-refractivity contribution in [2.24, 2.45) is 0 Å².